The predicted molar refractivity (Wildman–Crippen MR) is 73.5 cm³/mol. The van der Waals surface area contributed by atoms with Gasteiger partial charge in [-0.3, -0.25) is 9.69 Å². The average molecular weight is 282 g/mol. The maximum atomic E-state index is 12.1. The third-order valence-corrected chi connectivity index (χ3v) is 3.44. The molecule has 0 saturated heterocycles. The van der Waals surface area contributed by atoms with Gasteiger partial charge < -0.3 is 5.11 Å². The fourth-order valence-electron chi connectivity index (χ4n) is 2.40. The lowest BCUT2D eigenvalue weighted by atomic mass is 10.0. The summed E-state index contributed by atoms with van der Waals surface area (Å²) in [7, 11) is 0. The molecule has 1 aliphatic rings. The van der Waals surface area contributed by atoms with Crippen LogP contribution in [0, 0.1) is 5.92 Å². The van der Waals surface area contributed by atoms with Crippen LogP contribution in [0.5, 0.6) is 0 Å². The molecule has 0 aliphatic carbocycles. The molecule has 0 radical (unpaired) electrons. The minimum Gasteiger partial charge on any atom is -0.480 e. The van der Waals surface area contributed by atoms with Crippen molar-refractivity contribution in [2.45, 2.75) is 32.7 Å². The van der Waals surface area contributed by atoms with Gasteiger partial charge in [-0.05, 0) is 30.0 Å². The van der Waals surface area contributed by atoms with Gasteiger partial charge in [-0.1, -0.05) is 31.5 Å². The molecular weight excluding hydrogens is 266 g/mol. The van der Waals surface area contributed by atoms with Gasteiger partial charge in [0.15, 0.2) is 0 Å². The average Bonchev–Trinajstić information content (AvgIpc) is 2.61. The van der Waals surface area contributed by atoms with Crippen molar-refractivity contribution in [1.82, 2.24) is 0 Å². The zero-order chi connectivity index (χ0) is 14.2. The maximum Gasteiger partial charge on any atom is 0.326 e. The van der Waals surface area contributed by atoms with Crippen molar-refractivity contribution in [3.05, 3.63) is 28.8 Å². The Morgan fingerprint density at radius 3 is 2.74 bits per heavy atom. The van der Waals surface area contributed by atoms with E-state index in [1.165, 1.54) is 4.90 Å². The Bertz CT molecular complexity index is 527. The lowest BCUT2D eigenvalue weighted by molar-refractivity contribution is -0.140. The second-order valence-corrected chi connectivity index (χ2v) is 5.63. The minimum atomic E-state index is -0.977. The number of carboxylic acid groups (broad SMARTS) is 1. The van der Waals surface area contributed by atoms with Gasteiger partial charge in [0.05, 0.1) is 6.42 Å². The van der Waals surface area contributed by atoms with Crippen LogP contribution in [-0.2, 0) is 16.0 Å². The van der Waals surface area contributed by atoms with Gasteiger partial charge in [-0.15, -0.1) is 0 Å². The van der Waals surface area contributed by atoms with Gasteiger partial charge in [-0.2, -0.15) is 0 Å². The minimum absolute atomic E-state index is 0.176. The van der Waals surface area contributed by atoms with Gasteiger partial charge in [0.25, 0.3) is 0 Å². The van der Waals surface area contributed by atoms with Crippen LogP contribution in [0.25, 0.3) is 0 Å². The zero-order valence-electron chi connectivity index (χ0n) is 10.9. The molecule has 0 saturated carbocycles. The quantitative estimate of drug-likeness (QED) is 0.923. The van der Waals surface area contributed by atoms with Crippen LogP contribution >= 0.6 is 11.6 Å². The summed E-state index contributed by atoms with van der Waals surface area (Å²) in [6.45, 7) is 3.88. The Kier molecular flexibility index (Phi) is 3.80. The molecule has 1 aliphatic heterocycles. The second kappa shape index (κ2) is 5.21. The summed E-state index contributed by atoms with van der Waals surface area (Å²) >= 11 is 5.94. The first-order valence-corrected chi connectivity index (χ1v) is 6.61. The SMILES string of the molecule is CC(C)CC(C(=O)O)N1C(=O)Cc2ccc(Cl)cc21. The van der Waals surface area contributed by atoms with Gasteiger partial charge in [0.2, 0.25) is 5.91 Å². The summed E-state index contributed by atoms with van der Waals surface area (Å²) in [5, 5.41) is 9.87. The molecule has 102 valence electrons. The van der Waals surface area contributed by atoms with E-state index in [-0.39, 0.29) is 18.2 Å². The van der Waals surface area contributed by atoms with Crippen molar-refractivity contribution in [1.29, 1.82) is 0 Å². The summed E-state index contributed by atoms with van der Waals surface area (Å²) in [5.41, 5.74) is 1.47. The molecule has 0 aromatic heterocycles. The molecule has 1 unspecified atom stereocenters. The van der Waals surface area contributed by atoms with Crippen molar-refractivity contribution in [2.24, 2.45) is 5.92 Å². The van der Waals surface area contributed by atoms with Gasteiger partial charge in [0, 0.05) is 10.7 Å². The number of aliphatic carboxylic acids is 1. The molecule has 1 N–H and O–H groups in total. The van der Waals surface area contributed by atoms with Crippen LogP contribution in [0.4, 0.5) is 5.69 Å². The van der Waals surface area contributed by atoms with Crippen molar-refractivity contribution >= 4 is 29.2 Å². The molecule has 0 spiro atoms. The van der Waals surface area contributed by atoms with Gasteiger partial charge in [0.1, 0.15) is 6.04 Å². The Hall–Kier alpha value is -1.55. The summed E-state index contributed by atoms with van der Waals surface area (Å²) in [6.07, 6.45) is 0.668. The van der Waals surface area contributed by atoms with E-state index in [0.29, 0.717) is 17.1 Å². The molecule has 1 aromatic carbocycles. The standard InChI is InChI=1S/C14H16ClNO3/c1-8(2)5-12(14(18)19)16-11-7-10(15)4-3-9(11)6-13(16)17/h3-4,7-8,12H,5-6H2,1-2H3,(H,18,19). The first-order chi connectivity index (χ1) is 8.90. The van der Waals surface area contributed by atoms with Gasteiger partial charge >= 0.3 is 5.97 Å². The Balaban J connectivity index is 2.41. The Morgan fingerprint density at radius 1 is 1.47 bits per heavy atom. The van der Waals surface area contributed by atoms with E-state index in [9.17, 15) is 14.7 Å². The molecule has 1 aromatic rings. The van der Waals surface area contributed by atoms with Gasteiger partial charge in [-0.25, -0.2) is 4.79 Å². The molecule has 4 nitrogen and oxygen atoms in total. The molecule has 19 heavy (non-hydrogen) atoms. The molecule has 2 rings (SSSR count). The summed E-state index contributed by atoms with van der Waals surface area (Å²) in [4.78, 5) is 24.9. The van der Waals surface area contributed by atoms with E-state index >= 15 is 0 Å². The number of halogens is 1. The first kappa shape index (κ1) is 13.9. The fourth-order valence-corrected chi connectivity index (χ4v) is 2.56. The zero-order valence-corrected chi connectivity index (χ0v) is 11.6. The van der Waals surface area contributed by atoms with E-state index in [2.05, 4.69) is 0 Å². The van der Waals surface area contributed by atoms with Crippen molar-refractivity contribution in [2.75, 3.05) is 4.90 Å². The highest BCUT2D eigenvalue weighted by Crippen LogP contribution is 2.34. The molecule has 1 heterocycles. The lowest BCUT2D eigenvalue weighted by Crippen LogP contribution is -2.44. The highest BCUT2D eigenvalue weighted by atomic mass is 35.5. The number of rotatable bonds is 4. The van der Waals surface area contributed by atoms with E-state index in [0.717, 1.165) is 5.56 Å². The third kappa shape index (κ3) is 2.73. The van der Waals surface area contributed by atoms with E-state index in [1.807, 2.05) is 13.8 Å². The largest absolute Gasteiger partial charge is 0.480 e. The highest BCUT2D eigenvalue weighted by Gasteiger charge is 2.37. The van der Waals surface area contributed by atoms with Crippen LogP contribution in [-0.4, -0.2) is 23.0 Å². The normalized spacial score (nSPS) is 15.8. The molecule has 1 atom stereocenters. The lowest BCUT2D eigenvalue weighted by Gasteiger charge is -2.26. The fraction of sp³-hybridized carbons (Fsp3) is 0.429. The second-order valence-electron chi connectivity index (χ2n) is 5.20. The Morgan fingerprint density at radius 2 is 2.16 bits per heavy atom. The maximum absolute atomic E-state index is 12.1. The smallest absolute Gasteiger partial charge is 0.326 e. The summed E-state index contributed by atoms with van der Waals surface area (Å²) < 4.78 is 0. The van der Waals surface area contributed by atoms with Crippen LogP contribution < -0.4 is 4.90 Å². The van der Waals surface area contributed by atoms with E-state index in [4.69, 9.17) is 11.6 Å². The van der Waals surface area contributed by atoms with Crippen LogP contribution in [0.3, 0.4) is 0 Å². The predicted octanol–water partition coefficient (Wildman–Crippen LogP) is 2.73. The molecule has 0 fully saturated rings. The number of benzene rings is 1. The van der Waals surface area contributed by atoms with Crippen molar-refractivity contribution < 1.29 is 14.7 Å². The number of amides is 1. The number of nitrogens with zero attached hydrogens (tertiary/aromatic N) is 1. The van der Waals surface area contributed by atoms with E-state index in [1.54, 1.807) is 18.2 Å². The summed E-state index contributed by atoms with van der Waals surface area (Å²) in [6, 6.07) is 4.34. The van der Waals surface area contributed by atoms with Crippen LogP contribution in [0.15, 0.2) is 18.2 Å². The molecule has 0 bridgehead atoms. The monoisotopic (exact) mass is 281 g/mol. The molecular formula is C14H16ClNO3. The highest BCUT2D eigenvalue weighted by molar-refractivity contribution is 6.31. The Labute approximate surface area is 117 Å². The number of hydrogen-bond donors (Lipinski definition) is 1. The molecule has 5 heteroatoms. The number of anilines is 1. The topological polar surface area (TPSA) is 57.6 Å². The van der Waals surface area contributed by atoms with Crippen molar-refractivity contribution in [3.8, 4) is 0 Å². The van der Waals surface area contributed by atoms with Crippen LogP contribution in [0.1, 0.15) is 25.8 Å². The number of fused-ring (bicyclic) bond motifs is 1. The summed E-state index contributed by atoms with van der Waals surface area (Å²) in [5.74, 6) is -0.961. The number of carboxylic acids is 1. The van der Waals surface area contributed by atoms with E-state index < -0.39 is 12.0 Å². The number of carbonyl (C=O) groups excluding carboxylic acids is 1. The van der Waals surface area contributed by atoms with Crippen LogP contribution in [0.2, 0.25) is 5.02 Å². The number of hydrogen-bond acceptors (Lipinski definition) is 2. The first-order valence-electron chi connectivity index (χ1n) is 6.23. The number of carbonyl (C=O) groups is 2. The molecule has 1 amide bonds. The van der Waals surface area contributed by atoms with Crippen molar-refractivity contribution in [3.63, 3.8) is 0 Å². The third-order valence-electron chi connectivity index (χ3n) is 3.21.